The molecule has 0 aromatic heterocycles. The standard InChI is InChI=1S/C12H19NO/c1-4-5-6-12(2,3)11(14)10-7-9(10)8-13/h9-10H,4-7H2,1-3H3. The van der Waals surface area contributed by atoms with Crippen molar-refractivity contribution in [3.63, 3.8) is 0 Å². The van der Waals surface area contributed by atoms with Gasteiger partial charge in [-0.15, -0.1) is 0 Å². The Labute approximate surface area is 86.3 Å². The molecule has 0 aliphatic heterocycles. The van der Waals surface area contributed by atoms with Crippen LogP contribution in [0.4, 0.5) is 0 Å². The maximum atomic E-state index is 12.0. The normalized spacial score (nSPS) is 25.6. The molecule has 0 amide bonds. The van der Waals surface area contributed by atoms with Gasteiger partial charge in [0.05, 0.1) is 12.0 Å². The lowest BCUT2D eigenvalue weighted by Crippen LogP contribution is -2.26. The Balaban J connectivity index is 2.48. The van der Waals surface area contributed by atoms with Gasteiger partial charge < -0.3 is 0 Å². The van der Waals surface area contributed by atoms with Crippen LogP contribution < -0.4 is 0 Å². The Kier molecular flexibility index (Phi) is 3.31. The molecule has 0 aromatic rings. The average molecular weight is 193 g/mol. The van der Waals surface area contributed by atoms with E-state index in [0.717, 1.165) is 25.7 Å². The summed E-state index contributed by atoms with van der Waals surface area (Å²) in [6.07, 6.45) is 3.98. The minimum atomic E-state index is -0.216. The first-order chi connectivity index (χ1) is 6.53. The molecule has 0 heterocycles. The summed E-state index contributed by atoms with van der Waals surface area (Å²) in [6.45, 7) is 6.16. The highest BCUT2D eigenvalue weighted by atomic mass is 16.1. The number of unbranched alkanes of at least 4 members (excludes halogenated alkanes) is 1. The zero-order chi connectivity index (χ0) is 10.8. The minimum Gasteiger partial charge on any atom is -0.299 e. The molecule has 0 radical (unpaired) electrons. The fourth-order valence-corrected chi connectivity index (χ4v) is 1.87. The smallest absolute Gasteiger partial charge is 0.142 e. The third kappa shape index (κ3) is 2.35. The summed E-state index contributed by atoms with van der Waals surface area (Å²) in [4.78, 5) is 12.0. The first-order valence-corrected chi connectivity index (χ1v) is 5.47. The van der Waals surface area contributed by atoms with Gasteiger partial charge in [-0.3, -0.25) is 4.79 Å². The molecule has 0 spiro atoms. The summed E-state index contributed by atoms with van der Waals surface area (Å²) in [7, 11) is 0. The van der Waals surface area contributed by atoms with Crippen LogP contribution in [0.5, 0.6) is 0 Å². The lowest BCUT2D eigenvalue weighted by Gasteiger charge is -2.22. The van der Waals surface area contributed by atoms with Crippen LogP contribution in [-0.2, 0) is 4.79 Å². The number of rotatable bonds is 5. The Morgan fingerprint density at radius 2 is 2.21 bits per heavy atom. The number of nitriles is 1. The zero-order valence-corrected chi connectivity index (χ0v) is 9.34. The number of nitrogens with zero attached hydrogens (tertiary/aromatic N) is 1. The van der Waals surface area contributed by atoms with Gasteiger partial charge in [0.15, 0.2) is 0 Å². The van der Waals surface area contributed by atoms with Crippen LogP contribution in [0, 0.1) is 28.6 Å². The molecule has 14 heavy (non-hydrogen) atoms. The summed E-state index contributed by atoms with van der Waals surface area (Å²) >= 11 is 0. The fraction of sp³-hybridized carbons (Fsp3) is 0.833. The van der Waals surface area contributed by atoms with E-state index in [1.165, 1.54) is 0 Å². The van der Waals surface area contributed by atoms with E-state index < -0.39 is 0 Å². The van der Waals surface area contributed by atoms with Gasteiger partial charge >= 0.3 is 0 Å². The van der Waals surface area contributed by atoms with Gasteiger partial charge in [0.2, 0.25) is 0 Å². The van der Waals surface area contributed by atoms with E-state index in [4.69, 9.17) is 5.26 Å². The van der Waals surface area contributed by atoms with Gasteiger partial charge in [-0.2, -0.15) is 5.26 Å². The van der Waals surface area contributed by atoms with Crippen LogP contribution in [0.15, 0.2) is 0 Å². The van der Waals surface area contributed by atoms with Crippen molar-refractivity contribution in [3.05, 3.63) is 0 Å². The molecule has 1 aliphatic carbocycles. The van der Waals surface area contributed by atoms with E-state index in [-0.39, 0.29) is 17.3 Å². The van der Waals surface area contributed by atoms with Gasteiger partial charge in [0, 0.05) is 11.3 Å². The summed E-state index contributed by atoms with van der Waals surface area (Å²) in [5.41, 5.74) is -0.216. The number of carbonyl (C=O) groups is 1. The SMILES string of the molecule is CCCCC(C)(C)C(=O)C1CC1C#N. The summed E-state index contributed by atoms with van der Waals surface area (Å²) in [5, 5.41) is 8.66. The molecule has 0 bridgehead atoms. The fourth-order valence-electron chi connectivity index (χ4n) is 1.87. The third-order valence-corrected chi connectivity index (χ3v) is 3.12. The second kappa shape index (κ2) is 4.13. The Morgan fingerprint density at radius 3 is 2.64 bits per heavy atom. The van der Waals surface area contributed by atoms with Crippen LogP contribution in [0.2, 0.25) is 0 Å². The van der Waals surface area contributed by atoms with Crippen LogP contribution >= 0.6 is 0 Å². The number of carbonyl (C=O) groups excluding carboxylic acids is 1. The van der Waals surface area contributed by atoms with Gasteiger partial charge in [0.1, 0.15) is 5.78 Å². The molecule has 0 N–H and O–H groups in total. The Bertz CT molecular complexity index is 262. The Morgan fingerprint density at radius 1 is 1.57 bits per heavy atom. The predicted molar refractivity (Wildman–Crippen MR) is 55.5 cm³/mol. The summed E-state index contributed by atoms with van der Waals surface area (Å²) in [5.74, 6) is 0.368. The molecule has 1 saturated carbocycles. The van der Waals surface area contributed by atoms with Gasteiger partial charge in [0.25, 0.3) is 0 Å². The first kappa shape index (κ1) is 11.2. The molecule has 2 atom stereocenters. The van der Waals surface area contributed by atoms with Crippen LogP contribution in [0.25, 0.3) is 0 Å². The van der Waals surface area contributed by atoms with E-state index in [1.54, 1.807) is 0 Å². The topological polar surface area (TPSA) is 40.9 Å². The van der Waals surface area contributed by atoms with Crippen LogP contribution in [0.3, 0.4) is 0 Å². The molecule has 1 rings (SSSR count). The number of hydrogen-bond donors (Lipinski definition) is 0. The van der Waals surface area contributed by atoms with E-state index in [0.29, 0.717) is 5.78 Å². The van der Waals surface area contributed by atoms with E-state index in [1.807, 2.05) is 13.8 Å². The van der Waals surface area contributed by atoms with Gasteiger partial charge in [-0.1, -0.05) is 33.6 Å². The van der Waals surface area contributed by atoms with Crippen molar-refractivity contribution < 1.29 is 4.79 Å². The van der Waals surface area contributed by atoms with Crippen LogP contribution in [0.1, 0.15) is 46.5 Å². The maximum Gasteiger partial charge on any atom is 0.142 e. The van der Waals surface area contributed by atoms with Crippen LogP contribution in [-0.4, -0.2) is 5.78 Å². The lowest BCUT2D eigenvalue weighted by molar-refractivity contribution is -0.129. The number of Topliss-reactive ketones (excluding diaryl/α,β-unsaturated/α-hetero) is 1. The zero-order valence-electron chi connectivity index (χ0n) is 9.34. The highest BCUT2D eigenvalue weighted by molar-refractivity contribution is 5.89. The quantitative estimate of drug-likeness (QED) is 0.673. The molecule has 1 aliphatic rings. The van der Waals surface area contributed by atoms with Crippen molar-refractivity contribution in [2.45, 2.75) is 46.5 Å². The molecule has 1 fully saturated rings. The monoisotopic (exact) mass is 193 g/mol. The molecular weight excluding hydrogens is 174 g/mol. The maximum absolute atomic E-state index is 12.0. The van der Waals surface area contributed by atoms with Crippen molar-refractivity contribution in [2.75, 3.05) is 0 Å². The third-order valence-electron chi connectivity index (χ3n) is 3.12. The van der Waals surface area contributed by atoms with E-state index in [2.05, 4.69) is 13.0 Å². The minimum absolute atomic E-state index is 0.0170. The molecular formula is C12H19NO. The highest BCUT2D eigenvalue weighted by Gasteiger charge is 2.47. The molecule has 2 heteroatoms. The Hall–Kier alpha value is -0.840. The molecule has 2 unspecified atom stereocenters. The average Bonchev–Trinajstić information content (AvgIpc) is 2.92. The van der Waals surface area contributed by atoms with Crippen molar-refractivity contribution in [2.24, 2.45) is 17.3 Å². The summed E-state index contributed by atoms with van der Waals surface area (Å²) in [6, 6.07) is 2.18. The molecule has 0 aromatic carbocycles. The lowest BCUT2D eigenvalue weighted by atomic mass is 9.80. The predicted octanol–water partition coefficient (Wildman–Crippen LogP) is 2.93. The number of ketones is 1. The highest BCUT2D eigenvalue weighted by Crippen LogP contribution is 2.44. The van der Waals surface area contributed by atoms with Gasteiger partial charge in [-0.25, -0.2) is 0 Å². The second-order valence-electron chi connectivity index (χ2n) is 4.93. The molecule has 78 valence electrons. The van der Waals surface area contributed by atoms with E-state index >= 15 is 0 Å². The molecule has 0 saturated heterocycles. The van der Waals surface area contributed by atoms with Gasteiger partial charge in [-0.05, 0) is 12.8 Å². The van der Waals surface area contributed by atoms with E-state index in [9.17, 15) is 4.79 Å². The summed E-state index contributed by atoms with van der Waals surface area (Å²) < 4.78 is 0. The number of hydrogen-bond acceptors (Lipinski definition) is 2. The van der Waals surface area contributed by atoms with Crippen molar-refractivity contribution >= 4 is 5.78 Å². The molecule has 2 nitrogen and oxygen atoms in total. The largest absolute Gasteiger partial charge is 0.299 e. The van der Waals surface area contributed by atoms with Crippen molar-refractivity contribution in [1.82, 2.24) is 0 Å². The first-order valence-electron chi connectivity index (χ1n) is 5.47. The second-order valence-corrected chi connectivity index (χ2v) is 4.93. The van der Waals surface area contributed by atoms with Crippen molar-refractivity contribution in [1.29, 1.82) is 5.26 Å². The van der Waals surface area contributed by atoms with Crippen molar-refractivity contribution in [3.8, 4) is 6.07 Å².